The maximum absolute atomic E-state index is 12.5. The number of hydrogen-bond acceptors (Lipinski definition) is 6. The van der Waals surface area contributed by atoms with Crippen LogP contribution in [0.15, 0.2) is 36.4 Å². The van der Waals surface area contributed by atoms with Crippen LogP contribution in [-0.2, 0) is 33.7 Å². The Balaban J connectivity index is 1.54. The molecule has 0 spiro atoms. The maximum Gasteiger partial charge on any atom is 0.310 e. The van der Waals surface area contributed by atoms with Gasteiger partial charge in [0.15, 0.2) is 18.1 Å². The first-order chi connectivity index (χ1) is 14.0. The fourth-order valence-corrected chi connectivity index (χ4v) is 3.29. The van der Waals surface area contributed by atoms with Gasteiger partial charge in [-0.05, 0) is 47.4 Å². The number of esters is 1. The zero-order valence-corrected chi connectivity index (χ0v) is 16.9. The summed E-state index contributed by atoms with van der Waals surface area (Å²) in [5, 5.41) is 0. The molecule has 0 radical (unpaired) electrons. The summed E-state index contributed by atoms with van der Waals surface area (Å²) in [6.45, 7) is 0.750. The Bertz CT molecular complexity index is 878. The molecule has 0 aromatic heterocycles. The highest BCUT2D eigenvalue weighted by molar-refractivity contribution is 5.81. The van der Waals surface area contributed by atoms with Gasteiger partial charge in [0.25, 0.3) is 5.91 Å². The lowest BCUT2D eigenvalue weighted by molar-refractivity contribution is -0.151. The second kappa shape index (κ2) is 9.32. The lowest BCUT2D eigenvalue weighted by Crippen LogP contribution is -2.38. The number of methoxy groups -OCH3 is 3. The monoisotopic (exact) mass is 399 g/mol. The third kappa shape index (κ3) is 4.99. The molecule has 1 aliphatic rings. The van der Waals surface area contributed by atoms with Crippen molar-refractivity contribution in [1.29, 1.82) is 0 Å². The molecule has 2 aromatic carbocycles. The molecule has 0 aliphatic carbocycles. The van der Waals surface area contributed by atoms with Gasteiger partial charge in [0.05, 0.1) is 27.8 Å². The summed E-state index contributed by atoms with van der Waals surface area (Å²) in [5.74, 6) is 1.38. The fraction of sp³-hybridized carbons (Fsp3) is 0.364. The molecule has 7 nitrogen and oxygen atoms in total. The Hall–Kier alpha value is -3.22. The van der Waals surface area contributed by atoms with E-state index in [1.165, 1.54) is 0 Å². The highest BCUT2D eigenvalue weighted by Gasteiger charge is 2.23. The van der Waals surface area contributed by atoms with E-state index < -0.39 is 5.97 Å². The van der Waals surface area contributed by atoms with Crippen LogP contribution in [0, 0.1) is 0 Å². The smallest absolute Gasteiger partial charge is 0.310 e. The third-order valence-electron chi connectivity index (χ3n) is 4.93. The summed E-state index contributed by atoms with van der Waals surface area (Å²) in [7, 11) is 4.77. The van der Waals surface area contributed by atoms with E-state index in [9.17, 15) is 9.59 Å². The number of fused-ring (bicyclic) bond motifs is 1. The molecule has 0 unspecified atom stereocenters. The number of carbonyl (C=O) groups is 2. The molecule has 7 heteroatoms. The van der Waals surface area contributed by atoms with Crippen LogP contribution in [0.4, 0.5) is 0 Å². The van der Waals surface area contributed by atoms with Gasteiger partial charge in [0.2, 0.25) is 0 Å². The minimum atomic E-state index is -0.438. The minimum Gasteiger partial charge on any atom is -0.497 e. The Kier molecular flexibility index (Phi) is 6.59. The van der Waals surface area contributed by atoms with Gasteiger partial charge in [0, 0.05) is 13.1 Å². The van der Waals surface area contributed by atoms with Crippen LogP contribution >= 0.6 is 0 Å². The van der Waals surface area contributed by atoms with E-state index in [2.05, 4.69) is 0 Å². The highest BCUT2D eigenvalue weighted by atomic mass is 16.5. The van der Waals surface area contributed by atoms with Crippen molar-refractivity contribution >= 4 is 11.9 Å². The van der Waals surface area contributed by atoms with Gasteiger partial charge in [-0.2, -0.15) is 0 Å². The number of ether oxygens (including phenoxy) is 4. The zero-order valence-electron chi connectivity index (χ0n) is 16.9. The first-order valence-corrected chi connectivity index (χ1v) is 9.34. The van der Waals surface area contributed by atoms with Crippen LogP contribution in [0.2, 0.25) is 0 Å². The van der Waals surface area contributed by atoms with Gasteiger partial charge in [-0.15, -0.1) is 0 Å². The van der Waals surface area contributed by atoms with Crippen LogP contribution in [0.25, 0.3) is 0 Å². The molecule has 1 heterocycles. The summed E-state index contributed by atoms with van der Waals surface area (Å²) in [4.78, 5) is 26.2. The van der Waals surface area contributed by atoms with Crippen molar-refractivity contribution in [3.8, 4) is 17.2 Å². The van der Waals surface area contributed by atoms with Crippen molar-refractivity contribution in [2.75, 3.05) is 34.5 Å². The first-order valence-electron chi connectivity index (χ1n) is 9.34. The van der Waals surface area contributed by atoms with Crippen LogP contribution < -0.4 is 14.2 Å². The van der Waals surface area contributed by atoms with E-state index >= 15 is 0 Å². The largest absolute Gasteiger partial charge is 0.497 e. The van der Waals surface area contributed by atoms with Gasteiger partial charge in [-0.1, -0.05) is 12.1 Å². The first kappa shape index (κ1) is 20.5. The number of rotatable bonds is 7. The molecular weight excluding hydrogens is 374 g/mol. The zero-order chi connectivity index (χ0) is 20.8. The van der Waals surface area contributed by atoms with Gasteiger partial charge >= 0.3 is 5.97 Å². The van der Waals surface area contributed by atoms with Crippen molar-refractivity contribution in [2.45, 2.75) is 19.4 Å². The average Bonchev–Trinajstić information content (AvgIpc) is 2.76. The molecule has 0 N–H and O–H groups in total. The molecule has 29 heavy (non-hydrogen) atoms. The summed E-state index contributed by atoms with van der Waals surface area (Å²) in [6.07, 6.45) is 0.818. The van der Waals surface area contributed by atoms with Crippen molar-refractivity contribution in [2.24, 2.45) is 0 Å². The van der Waals surface area contributed by atoms with Crippen molar-refractivity contribution in [3.63, 3.8) is 0 Å². The highest BCUT2D eigenvalue weighted by Crippen LogP contribution is 2.33. The number of amides is 1. The van der Waals surface area contributed by atoms with Crippen molar-refractivity contribution in [3.05, 3.63) is 53.1 Å². The van der Waals surface area contributed by atoms with Crippen molar-refractivity contribution < 1.29 is 28.5 Å². The predicted octanol–water partition coefficient (Wildman–Crippen LogP) is 2.38. The molecule has 2 aromatic rings. The molecule has 1 aliphatic heterocycles. The lowest BCUT2D eigenvalue weighted by Gasteiger charge is -2.29. The van der Waals surface area contributed by atoms with Crippen LogP contribution in [0.5, 0.6) is 17.2 Å². The maximum atomic E-state index is 12.5. The van der Waals surface area contributed by atoms with Crippen LogP contribution in [0.1, 0.15) is 16.7 Å². The lowest BCUT2D eigenvalue weighted by atomic mass is 9.99. The van der Waals surface area contributed by atoms with E-state index in [-0.39, 0.29) is 18.9 Å². The Labute approximate surface area is 170 Å². The molecule has 3 rings (SSSR count). The second-order valence-electron chi connectivity index (χ2n) is 6.73. The second-order valence-corrected chi connectivity index (χ2v) is 6.73. The molecule has 1 amide bonds. The molecule has 0 saturated carbocycles. The van der Waals surface area contributed by atoms with E-state index in [0.717, 1.165) is 22.4 Å². The van der Waals surface area contributed by atoms with Gasteiger partial charge in [-0.25, -0.2) is 0 Å². The number of hydrogen-bond donors (Lipinski definition) is 0. The number of nitrogens with zero attached hydrogens (tertiary/aromatic N) is 1. The molecular formula is C22H25NO6. The summed E-state index contributed by atoms with van der Waals surface area (Å²) >= 11 is 0. The van der Waals surface area contributed by atoms with Crippen LogP contribution in [0.3, 0.4) is 0 Å². The average molecular weight is 399 g/mol. The van der Waals surface area contributed by atoms with Crippen LogP contribution in [-0.4, -0.2) is 51.3 Å². The Morgan fingerprint density at radius 2 is 1.59 bits per heavy atom. The fourth-order valence-electron chi connectivity index (χ4n) is 3.29. The summed E-state index contributed by atoms with van der Waals surface area (Å²) in [5.41, 5.74) is 2.94. The molecule has 0 bridgehead atoms. The Morgan fingerprint density at radius 3 is 2.21 bits per heavy atom. The van der Waals surface area contributed by atoms with E-state index in [1.54, 1.807) is 50.5 Å². The topological polar surface area (TPSA) is 74.3 Å². The SMILES string of the molecule is COc1ccc(CC(=O)OCC(=O)N2CCc3cc(OC)c(OC)cc3C2)cc1. The van der Waals surface area contributed by atoms with Crippen molar-refractivity contribution in [1.82, 2.24) is 4.90 Å². The normalized spacial score (nSPS) is 12.7. The summed E-state index contributed by atoms with van der Waals surface area (Å²) < 4.78 is 20.9. The van der Waals surface area contributed by atoms with Gasteiger partial charge in [0.1, 0.15) is 5.75 Å². The molecule has 0 atom stereocenters. The van der Waals surface area contributed by atoms with Gasteiger partial charge < -0.3 is 23.8 Å². The van der Waals surface area contributed by atoms with Gasteiger partial charge in [-0.3, -0.25) is 9.59 Å². The third-order valence-corrected chi connectivity index (χ3v) is 4.93. The molecule has 154 valence electrons. The van der Waals surface area contributed by atoms with E-state index in [4.69, 9.17) is 18.9 Å². The number of benzene rings is 2. The standard InChI is InChI=1S/C22H25NO6/c1-26-18-6-4-15(5-7-18)10-22(25)29-14-21(24)23-9-8-16-11-19(27-2)20(28-3)12-17(16)13-23/h4-7,11-12H,8-10,13-14H2,1-3H3. The van der Waals surface area contributed by atoms with E-state index in [1.807, 2.05) is 12.1 Å². The quantitative estimate of drug-likeness (QED) is 0.666. The Morgan fingerprint density at radius 1 is 0.931 bits per heavy atom. The molecule has 0 saturated heterocycles. The minimum absolute atomic E-state index is 0.108. The number of carbonyl (C=O) groups excluding carboxylic acids is 2. The summed E-state index contributed by atoms with van der Waals surface area (Å²) in [6, 6.07) is 11.0. The molecule has 0 fully saturated rings. The predicted molar refractivity (Wildman–Crippen MR) is 106 cm³/mol. The van der Waals surface area contributed by atoms with E-state index in [0.29, 0.717) is 31.0 Å².